The Bertz CT molecular complexity index is 585. The maximum Gasteiger partial charge on any atom is 0.248 e. The van der Waals surface area contributed by atoms with Crippen molar-refractivity contribution in [2.24, 2.45) is 0 Å². The van der Waals surface area contributed by atoms with Crippen LogP contribution < -0.4 is 10.1 Å². The van der Waals surface area contributed by atoms with Crippen LogP contribution >= 0.6 is 0 Å². The Kier molecular flexibility index (Phi) is 4.03. The highest BCUT2D eigenvalue weighted by molar-refractivity contribution is 6.02. The van der Waals surface area contributed by atoms with E-state index in [-0.39, 0.29) is 5.91 Å². The molecule has 0 spiro atoms. The Morgan fingerprint density at radius 1 is 1.37 bits per heavy atom. The molecular weight excluding hydrogens is 242 g/mol. The van der Waals surface area contributed by atoms with E-state index in [0.717, 1.165) is 5.56 Å². The van der Waals surface area contributed by atoms with Gasteiger partial charge in [0.15, 0.2) is 0 Å². The number of carbonyl (C=O) groups excluding carboxylic acids is 1. The topological polar surface area (TPSA) is 51.5 Å². The van der Waals surface area contributed by atoms with Crippen LogP contribution in [-0.2, 0) is 4.79 Å². The number of ether oxygens (including phenoxy) is 1. The third-order valence-corrected chi connectivity index (χ3v) is 2.56. The lowest BCUT2D eigenvalue weighted by atomic mass is 10.2. The molecule has 0 bridgehead atoms. The minimum absolute atomic E-state index is 0.236. The number of hydrogen-bond acceptors (Lipinski definition) is 3. The van der Waals surface area contributed by atoms with Crippen molar-refractivity contribution in [2.45, 2.75) is 6.92 Å². The summed E-state index contributed by atoms with van der Waals surface area (Å²) < 4.78 is 10.3. The lowest BCUT2D eigenvalue weighted by Gasteiger charge is -2.09. The van der Waals surface area contributed by atoms with Gasteiger partial charge in [-0.2, -0.15) is 0 Å². The van der Waals surface area contributed by atoms with Crippen LogP contribution in [0.2, 0.25) is 0 Å². The van der Waals surface area contributed by atoms with Gasteiger partial charge in [0.25, 0.3) is 0 Å². The minimum Gasteiger partial charge on any atom is -0.495 e. The summed E-state index contributed by atoms with van der Waals surface area (Å²) in [6.45, 7) is 1.95. The van der Waals surface area contributed by atoms with Gasteiger partial charge in [-0.25, -0.2) is 0 Å². The van der Waals surface area contributed by atoms with Crippen molar-refractivity contribution < 1.29 is 13.9 Å². The van der Waals surface area contributed by atoms with Crippen LogP contribution in [0.5, 0.6) is 5.75 Å². The van der Waals surface area contributed by atoms with Gasteiger partial charge in [-0.3, -0.25) is 4.79 Å². The molecule has 1 heterocycles. The first-order valence-corrected chi connectivity index (χ1v) is 5.86. The van der Waals surface area contributed by atoms with Gasteiger partial charge in [0.2, 0.25) is 5.91 Å². The second-order valence-electron chi connectivity index (χ2n) is 4.04. The molecule has 2 rings (SSSR count). The van der Waals surface area contributed by atoms with Crippen molar-refractivity contribution in [1.29, 1.82) is 0 Å². The van der Waals surface area contributed by atoms with E-state index in [0.29, 0.717) is 17.2 Å². The highest BCUT2D eigenvalue weighted by Gasteiger charge is 2.05. The van der Waals surface area contributed by atoms with Gasteiger partial charge in [-0.15, -0.1) is 0 Å². The number of nitrogens with one attached hydrogen (secondary N) is 1. The average molecular weight is 257 g/mol. The van der Waals surface area contributed by atoms with Gasteiger partial charge >= 0.3 is 0 Å². The molecule has 2 aromatic rings. The van der Waals surface area contributed by atoms with E-state index in [1.165, 1.54) is 6.08 Å². The predicted octanol–water partition coefficient (Wildman–Crippen LogP) is 3.25. The van der Waals surface area contributed by atoms with Gasteiger partial charge in [0.1, 0.15) is 11.5 Å². The number of furan rings is 1. The monoisotopic (exact) mass is 257 g/mol. The molecular formula is C15H15NO3. The van der Waals surface area contributed by atoms with E-state index < -0.39 is 0 Å². The zero-order valence-corrected chi connectivity index (χ0v) is 10.8. The highest BCUT2D eigenvalue weighted by Crippen LogP contribution is 2.25. The van der Waals surface area contributed by atoms with Crippen LogP contribution in [0.4, 0.5) is 5.69 Å². The molecule has 0 saturated heterocycles. The van der Waals surface area contributed by atoms with Gasteiger partial charge in [0.05, 0.1) is 19.1 Å². The lowest BCUT2D eigenvalue weighted by molar-refractivity contribution is -0.111. The van der Waals surface area contributed by atoms with Gasteiger partial charge in [-0.1, -0.05) is 6.07 Å². The predicted molar refractivity (Wildman–Crippen MR) is 74.1 cm³/mol. The van der Waals surface area contributed by atoms with Crippen molar-refractivity contribution in [3.8, 4) is 5.75 Å². The maximum absolute atomic E-state index is 11.8. The fourth-order valence-electron chi connectivity index (χ4n) is 1.64. The molecule has 0 aliphatic rings. The summed E-state index contributed by atoms with van der Waals surface area (Å²) in [5, 5.41) is 2.77. The zero-order valence-electron chi connectivity index (χ0n) is 10.8. The number of rotatable bonds is 4. The normalized spacial score (nSPS) is 10.6. The Hall–Kier alpha value is -2.49. The molecule has 19 heavy (non-hydrogen) atoms. The summed E-state index contributed by atoms with van der Waals surface area (Å²) in [4.78, 5) is 11.8. The zero-order chi connectivity index (χ0) is 13.7. The molecule has 0 aliphatic carbocycles. The SMILES string of the molecule is COc1ccc(C)cc1NC(=O)C=Cc1ccco1. The van der Waals surface area contributed by atoms with E-state index in [4.69, 9.17) is 9.15 Å². The molecule has 0 atom stereocenters. The Labute approximate surface area is 111 Å². The molecule has 0 fully saturated rings. The summed E-state index contributed by atoms with van der Waals surface area (Å²) >= 11 is 0. The van der Waals surface area contributed by atoms with E-state index in [1.54, 1.807) is 31.6 Å². The highest BCUT2D eigenvalue weighted by atomic mass is 16.5. The van der Waals surface area contributed by atoms with E-state index >= 15 is 0 Å². The number of amides is 1. The molecule has 0 saturated carbocycles. The number of methoxy groups -OCH3 is 1. The van der Waals surface area contributed by atoms with Crippen molar-refractivity contribution >= 4 is 17.7 Å². The Morgan fingerprint density at radius 3 is 2.89 bits per heavy atom. The van der Waals surface area contributed by atoms with Gasteiger partial charge in [-0.05, 0) is 42.8 Å². The summed E-state index contributed by atoms with van der Waals surface area (Å²) in [5.41, 5.74) is 1.70. The molecule has 1 aromatic carbocycles. The van der Waals surface area contributed by atoms with Crippen molar-refractivity contribution in [2.75, 3.05) is 12.4 Å². The number of anilines is 1. The summed E-state index contributed by atoms with van der Waals surface area (Å²) in [5.74, 6) is 1.03. The smallest absolute Gasteiger partial charge is 0.248 e. The van der Waals surface area contributed by atoms with Crippen LogP contribution in [0, 0.1) is 6.92 Å². The number of carbonyl (C=O) groups is 1. The van der Waals surface area contributed by atoms with Crippen LogP contribution in [0.25, 0.3) is 6.08 Å². The Morgan fingerprint density at radius 2 is 2.21 bits per heavy atom. The molecule has 0 unspecified atom stereocenters. The van der Waals surface area contributed by atoms with Crippen molar-refractivity contribution in [3.63, 3.8) is 0 Å². The molecule has 4 nitrogen and oxygen atoms in total. The number of benzene rings is 1. The van der Waals surface area contributed by atoms with Gasteiger partial charge in [0, 0.05) is 6.08 Å². The van der Waals surface area contributed by atoms with Crippen LogP contribution in [0.3, 0.4) is 0 Å². The summed E-state index contributed by atoms with van der Waals surface area (Å²) in [7, 11) is 1.57. The second kappa shape index (κ2) is 5.91. The van der Waals surface area contributed by atoms with E-state index in [1.807, 2.05) is 25.1 Å². The molecule has 1 N–H and O–H groups in total. The molecule has 1 aromatic heterocycles. The van der Waals surface area contributed by atoms with Crippen LogP contribution in [0.1, 0.15) is 11.3 Å². The maximum atomic E-state index is 11.8. The largest absolute Gasteiger partial charge is 0.495 e. The van der Waals surface area contributed by atoms with Crippen molar-refractivity contribution in [1.82, 2.24) is 0 Å². The average Bonchev–Trinajstić information content (AvgIpc) is 2.90. The Balaban J connectivity index is 2.08. The van der Waals surface area contributed by atoms with E-state index in [9.17, 15) is 4.79 Å². The second-order valence-corrected chi connectivity index (χ2v) is 4.04. The third-order valence-electron chi connectivity index (χ3n) is 2.56. The molecule has 98 valence electrons. The fraction of sp³-hybridized carbons (Fsp3) is 0.133. The van der Waals surface area contributed by atoms with Gasteiger partial charge < -0.3 is 14.5 Å². The molecule has 1 amide bonds. The molecule has 0 aliphatic heterocycles. The van der Waals surface area contributed by atoms with Crippen molar-refractivity contribution in [3.05, 3.63) is 54.0 Å². The first-order chi connectivity index (χ1) is 9.19. The van der Waals surface area contributed by atoms with Crippen LogP contribution in [-0.4, -0.2) is 13.0 Å². The molecule has 4 heteroatoms. The number of aryl methyl sites for hydroxylation is 1. The minimum atomic E-state index is -0.236. The first-order valence-electron chi connectivity index (χ1n) is 5.86. The summed E-state index contributed by atoms with van der Waals surface area (Å²) in [6.07, 6.45) is 4.58. The molecule has 0 radical (unpaired) electrons. The lowest BCUT2D eigenvalue weighted by Crippen LogP contribution is -2.09. The first kappa shape index (κ1) is 13.0. The quantitative estimate of drug-likeness (QED) is 0.855. The van der Waals surface area contributed by atoms with E-state index in [2.05, 4.69) is 5.32 Å². The number of hydrogen-bond donors (Lipinski definition) is 1. The van der Waals surface area contributed by atoms with Crippen LogP contribution in [0.15, 0.2) is 47.1 Å². The third kappa shape index (κ3) is 3.48. The standard InChI is InChI=1S/C15H15NO3/c1-11-5-7-14(18-2)13(10-11)16-15(17)8-6-12-4-3-9-19-12/h3-10H,1-2H3,(H,16,17). The fourth-order valence-corrected chi connectivity index (χ4v) is 1.64. The summed E-state index contributed by atoms with van der Waals surface area (Å²) in [6, 6.07) is 9.14.